The van der Waals surface area contributed by atoms with Gasteiger partial charge in [-0.2, -0.15) is 5.26 Å². The maximum atomic E-state index is 13.7. The van der Waals surface area contributed by atoms with Gasteiger partial charge in [0, 0.05) is 17.4 Å². The third kappa shape index (κ3) is 6.00. The SMILES string of the molecule is CCC(=O)O[C@]1(C(=O)SCC#N)CCC2[C@@H]3CCC4=CC(=Nc5cccc(C(=O)NCC(N)=O)c5)C(=CN)C[C@]4(C)C3C(O)C[C@@]21C. The van der Waals surface area contributed by atoms with Crippen LogP contribution in [0.2, 0.25) is 0 Å². The monoisotopic (exact) mass is 661 g/mol. The average molecular weight is 662 g/mol. The summed E-state index contributed by atoms with van der Waals surface area (Å²) in [5.41, 5.74) is 12.3. The van der Waals surface area contributed by atoms with Crippen LogP contribution in [0.3, 0.4) is 0 Å². The molecule has 4 aliphatic carbocycles. The molecule has 5 rings (SSSR count). The fourth-order valence-corrected chi connectivity index (χ4v) is 9.88. The highest BCUT2D eigenvalue weighted by Crippen LogP contribution is 2.69. The van der Waals surface area contributed by atoms with Crippen LogP contribution in [0.4, 0.5) is 5.69 Å². The third-order valence-corrected chi connectivity index (χ3v) is 12.0. The summed E-state index contributed by atoms with van der Waals surface area (Å²) in [5, 5.41) is 23.4. The van der Waals surface area contributed by atoms with E-state index in [0.717, 1.165) is 30.2 Å². The number of carbonyl (C=O) groups excluding carboxylic acids is 4. The maximum Gasteiger partial charge on any atom is 0.306 e. The van der Waals surface area contributed by atoms with Crippen molar-refractivity contribution in [3.05, 3.63) is 53.3 Å². The lowest BCUT2D eigenvalue weighted by atomic mass is 9.45. The van der Waals surface area contributed by atoms with E-state index in [1.54, 1.807) is 37.4 Å². The lowest BCUT2D eigenvalue weighted by Crippen LogP contribution is -2.62. The second-order valence-corrected chi connectivity index (χ2v) is 14.6. The molecule has 1 aromatic carbocycles. The highest BCUT2D eigenvalue weighted by Gasteiger charge is 2.70. The number of hydrogen-bond donors (Lipinski definition) is 4. The number of aliphatic hydroxyl groups is 1. The number of nitrogens with two attached hydrogens (primary N) is 2. The Bertz CT molecular complexity index is 1610. The molecule has 0 heterocycles. The van der Waals surface area contributed by atoms with Crippen molar-refractivity contribution >= 4 is 46.1 Å². The standard InChI is InChI=1S/C35H43N5O6S/c1-4-29(43)46-35(32(45)47-13-12-36)11-10-25-24-9-8-22-15-26(40-23-7-5-6-20(14-23)31(44)39-19-28(38)42)21(18-37)16-33(22,2)30(24)27(41)17-34(25,35)3/h5-7,14-15,18,24-25,27,30,41H,4,8-11,13,16-17,19,37H2,1-3H3,(H2,38,42)(H,39,44)/t24-,25?,27?,30?,33-,34-,35-/m0/s1. The Kier molecular flexibility index (Phi) is 9.71. The molecule has 0 saturated heterocycles. The summed E-state index contributed by atoms with van der Waals surface area (Å²) in [6.45, 7) is 5.60. The zero-order valence-electron chi connectivity index (χ0n) is 27.1. The van der Waals surface area contributed by atoms with E-state index in [0.29, 0.717) is 42.6 Å². The van der Waals surface area contributed by atoms with Crippen LogP contribution >= 0.6 is 11.8 Å². The van der Waals surface area contributed by atoms with Crippen LogP contribution in [0.1, 0.15) is 76.1 Å². The Balaban J connectivity index is 1.47. The molecule has 47 heavy (non-hydrogen) atoms. The molecule has 0 aliphatic heterocycles. The Morgan fingerprint density at radius 1 is 1.26 bits per heavy atom. The van der Waals surface area contributed by atoms with Crippen LogP contribution in [0.5, 0.6) is 0 Å². The number of primary amides is 1. The molecule has 0 aromatic heterocycles. The zero-order chi connectivity index (χ0) is 34.1. The molecule has 3 saturated carbocycles. The molecule has 250 valence electrons. The smallest absolute Gasteiger partial charge is 0.306 e. The zero-order valence-corrected chi connectivity index (χ0v) is 27.9. The van der Waals surface area contributed by atoms with E-state index in [2.05, 4.69) is 18.3 Å². The molecular weight excluding hydrogens is 618 g/mol. The van der Waals surface area contributed by atoms with E-state index in [1.807, 2.05) is 13.0 Å². The number of thioether (sulfide) groups is 1. The van der Waals surface area contributed by atoms with Crippen LogP contribution in [0.15, 0.2) is 52.7 Å². The average Bonchev–Trinajstić information content (AvgIpc) is 3.33. The van der Waals surface area contributed by atoms with E-state index in [-0.39, 0.29) is 41.6 Å². The van der Waals surface area contributed by atoms with Crippen molar-refractivity contribution in [2.45, 2.75) is 77.4 Å². The predicted molar refractivity (Wildman–Crippen MR) is 178 cm³/mol. The molecule has 12 heteroatoms. The molecule has 3 fully saturated rings. The fourth-order valence-electron chi connectivity index (χ4n) is 9.07. The quantitative estimate of drug-likeness (QED) is 0.299. The van der Waals surface area contributed by atoms with Crippen molar-refractivity contribution in [1.29, 1.82) is 5.26 Å². The van der Waals surface area contributed by atoms with Gasteiger partial charge in [-0.3, -0.25) is 19.2 Å². The van der Waals surface area contributed by atoms with Crippen molar-refractivity contribution in [1.82, 2.24) is 5.32 Å². The highest BCUT2D eigenvalue weighted by molar-refractivity contribution is 8.14. The van der Waals surface area contributed by atoms with E-state index < -0.39 is 40.3 Å². The van der Waals surface area contributed by atoms with Gasteiger partial charge < -0.3 is 26.6 Å². The number of ether oxygens (including phenoxy) is 1. The summed E-state index contributed by atoms with van der Waals surface area (Å²) in [6, 6.07) is 8.79. The van der Waals surface area contributed by atoms with Gasteiger partial charge in [-0.1, -0.05) is 44.2 Å². The molecule has 2 amide bonds. The molecular formula is C35H43N5O6S. The van der Waals surface area contributed by atoms with Crippen LogP contribution in [0, 0.1) is 39.9 Å². The van der Waals surface area contributed by atoms with Crippen LogP contribution in [-0.4, -0.2) is 57.7 Å². The Hall–Kier alpha value is -3.95. The first kappa shape index (κ1) is 34.4. The second-order valence-electron chi connectivity index (χ2n) is 13.6. The van der Waals surface area contributed by atoms with Crippen molar-refractivity contribution in [2.75, 3.05) is 12.3 Å². The number of aliphatic imine (C=N–C) groups is 1. The van der Waals surface area contributed by atoms with Crippen molar-refractivity contribution < 1.29 is 29.0 Å². The number of aliphatic hydroxyl groups excluding tert-OH is 1. The second kappa shape index (κ2) is 13.3. The summed E-state index contributed by atoms with van der Waals surface area (Å²) in [7, 11) is 0. The number of fused-ring (bicyclic) bond motifs is 5. The van der Waals surface area contributed by atoms with Gasteiger partial charge in [-0.05, 0) is 97.7 Å². The number of nitrogens with zero attached hydrogens (tertiary/aromatic N) is 2. The molecule has 1 aromatic rings. The van der Waals surface area contributed by atoms with Gasteiger partial charge in [0.1, 0.15) is 0 Å². The van der Waals surface area contributed by atoms with Crippen molar-refractivity contribution in [2.24, 2.45) is 45.0 Å². The van der Waals surface area contributed by atoms with Crippen molar-refractivity contribution in [3.63, 3.8) is 0 Å². The summed E-state index contributed by atoms with van der Waals surface area (Å²) in [4.78, 5) is 54.9. The van der Waals surface area contributed by atoms with E-state index in [1.165, 1.54) is 5.57 Å². The minimum absolute atomic E-state index is 0.0310. The maximum absolute atomic E-state index is 13.7. The molecule has 0 radical (unpaired) electrons. The van der Waals surface area contributed by atoms with Crippen LogP contribution in [0.25, 0.3) is 0 Å². The summed E-state index contributed by atoms with van der Waals surface area (Å²) < 4.78 is 6.06. The van der Waals surface area contributed by atoms with E-state index in [4.69, 9.17) is 21.2 Å². The minimum Gasteiger partial charge on any atom is -0.449 e. The first-order valence-electron chi connectivity index (χ1n) is 16.1. The Labute approximate surface area is 279 Å². The van der Waals surface area contributed by atoms with Gasteiger partial charge in [-0.25, -0.2) is 4.99 Å². The number of nitrogens with one attached hydrogen (secondary N) is 1. The van der Waals surface area contributed by atoms with Crippen LogP contribution in [-0.2, 0) is 19.1 Å². The molecule has 0 bridgehead atoms. The van der Waals surface area contributed by atoms with Gasteiger partial charge in [-0.15, -0.1) is 0 Å². The summed E-state index contributed by atoms with van der Waals surface area (Å²) in [5.74, 6) is -1.56. The molecule has 4 aliphatic rings. The van der Waals surface area contributed by atoms with Gasteiger partial charge in [0.2, 0.25) is 11.0 Å². The number of benzene rings is 1. The number of rotatable bonds is 8. The van der Waals surface area contributed by atoms with Crippen molar-refractivity contribution in [3.8, 4) is 6.07 Å². The Morgan fingerprint density at radius 2 is 2.02 bits per heavy atom. The molecule has 6 N–H and O–H groups in total. The van der Waals surface area contributed by atoms with E-state index >= 15 is 0 Å². The number of hydrogen-bond acceptors (Lipinski definition) is 10. The topological polar surface area (TPSA) is 198 Å². The first-order chi connectivity index (χ1) is 22.3. The first-order valence-corrected chi connectivity index (χ1v) is 17.1. The van der Waals surface area contributed by atoms with Gasteiger partial charge in [0.25, 0.3) is 5.91 Å². The third-order valence-electron chi connectivity index (χ3n) is 11.1. The minimum atomic E-state index is -1.39. The van der Waals surface area contributed by atoms with Crippen LogP contribution < -0.4 is 16.8 Å². The van der Waals surface area contributed by atoms with Gasteiger partial charge in [0.05, 0.1) is 35.9 Å². The molecule has 7 atom stereocenters. The number of esters is 1. The lowest BCUT2D eigenvalue weighted by Gasteiger charge is -2.60. The number of nitriles is 1. The number of amides is 2. The van der Waals surface area contributed by atoms with Gasteiger partial charge >= 0.3 is 5.97 Å². The van der Waals surface area contributed by atoms with Gasteiger partial charge in [0.15, 0.2) is 5.60 Å². The molecule has 0 spiro atoms. The summed E-state index contributed by atoms with van der Waals surface area (Å²) in [6.07, 6.45) is 6.45. The largest absolute Gasteiger partial charge is 0.449 e. The lowest BCUT2D eigenvalue weighted by molar-refractivity contribution is -0.196. The molecule has 11 nitrogen and oxygen atoms in total. The fraction of sp³-hybridized carbons (Fsp3) is 0.543. The molecule has 3 unspecified atom stereocenters. The van der Waals surface area contributed by atoms with E-state index in [9.17, 15) is 29.5 Å². The normalized spacial score (nSPS) is 34.3. The highest BCUT2D eigenvalue weighted by atomic mass is 32.2. The summed E-state index contributed by atoms with van der Waals surface area (Å²) >= 11 is 0.894. The number of carbonyl (C=O) groups is 4. The number of allylic oxidation sites excluding steroid dienone is 3. The Morgan fingerprint density at radius 3 is 2.70 bits per heavy atom. The predicted octanol–water partition coefficient (Wildman–Crippen LogP) is 3.84.